The number of hydrogen-bond acceptors (Lipinski definition) is 5. The van der Waals surface area contributed by atoms with E-state index in [1.807, 2.05) is 0 Å². The van der Waals surface area contributed by atoms with Crippen LogP contribution >= 0.6 is 0 Å². The van der Waals surface area contributed by atoms with Crippen molar-refractivity contribution in [3.05, 3.63) is 30.0 Å². The Balaban J connectivity index is 2.61. The number of ether oxygens (including phenoxy) is 1. The van der Waals surface area contributed by atoms with Gasteiger partial charge in [-0.2, -0.15) is 37.7 Å². The Labute approximate surface area is 104 Å². The molecule has 100 valence electrons. The molecule has 0 aliphatic carbocycles. The molecule has 19 heavy (non-hydrogen) atoms. The van der Waals surface area contributed by atoms with E-state index in [1.165, 1.54) is 18.5 Å². The third kappa shape index (κ3) is 2.59. The fraction of sp³-hybridized carbons (Fsp3) is 0.200. The van der Waals surface area contributed by atoms with Crippen molar-refractivity contribution in [3.8, 4) is 17.3 Å². The summed E-state index contributed by atoms with van der Waals surface area (Å²) >= 11 is 0. The summed E-state index contributed by atoms with van der Waals surface area (Å²) in [6.07, 6.45) is -2.47. The lowest BCUT2D eigenvalue weighted by Crippen LogP contribution is -2.14. The van der Waals surface area contributed by atoms with Gasteiger partial charge in [0.1, 0.15) is 0 Å². The van der Waals surface area contributed by atoms with E-state index in [0.29, 0.717) is 0 Å². The predicted octanol–water partition coefficient (Wildman–Crippen LogP) is 2.10. The largest absolute Gasteiger partial charge is 0.480 e. The molecule has 0 unspecified atom stereocenters. The van der Waals surface area contributed by atoms with Gasteiger partial charge in [0.15, 0.2) is 11.4 Å². The van der Waals surface area contributed by atoms with Gasteiger partial charge in [-0.25, -0.2) is 0 Å². The Morgan fingerprint density at radius 3 is 2.42 bits per heavy atom. The molecule has 0 aromatic carbocycles. The molecule has 2 aromatic rings. The lowest BCUT2D eigenvalue weighted by molar-refractivity contribution is -0.142. The van der Waals surface area contributed by atoms with Gasteiger partial charge >= 0.3 is 6.18 Å². The van der Waals surface area contributed by atoms with Crippen molar-refractivity contribution in [2.75, 3.05) is 7.11 Å². The molecular weight excluding hydrogens is 268 g/mol. The van der Waals surface area contributed by atoms with Gasteiger partial charge in [-0.1, -0.05) is 0 Å². The van der Waals surface area contributed by atoms with Gasteiger partial charge in [-0.05, 0) is 6.07 Å². The zero-order valence-corrected chi connectivity index (χ0v) is 9.44. The Kier molecular flexibility index (Phi) is 3.28. The van der Waals surface area contributed by atoms with E-state index < -0.39 is 23.6 Å². The molecule has 2 rings (SSSR count). The van der Waals surface area contributed by atoms with E-state index >= 15 is 0 Å². The van der Waals surface area contributed by atoms with Crippen LogP contribution in [0.4, 0.5) is 17.6 Å². The summed E-state index contributed by atoms with van der Waals surface area (Å²) in [5.74, 6) is -2.85. The van der Waals surface area contributed by atoms with Crippen LogP contribution < -0.4 is 4.74 Å². The highest BCUT2D eigenvalue weighted by Crippen LogP contribution is 2.37. The number of aromatic nitrogens is 4. The topological polar surface area (TPSA) is 60.8 Å². The third-order valence-electron chi connectivity index (χ3n) is 2.15. The summed E-state index contributed by atoms with van der Waals surface area (Å²) < 4.78 is 55.8. The van der Waals surface area contributed by atoms with E-state index in [-0.39, 0.29) is 11.4 Å². The maximum Gasteiger partial charge on any atom is 0.426 e. The van der Waals surface area contributed by atoms with E-state index in [0.717, 1.165) is 7.11 Å². The van der Waals surface area contributed by atoms with Gasteiger partial charge < -0.3 is 4.74 Å². The van der Waals surface area contributed by atoms with Crippen molar-refractivity contribution in [1.29, 1.82) is 0 Å². The molecule has 0 saturated carbocycles. The highest BCUT2D eigenvalue weighted by molar-refractivity contribution is 5.53. The summed E-state index contributed by atoms with van der Waals surface area (Å²) in [7, 11) is 0.964. The Morgan fingerprint density at radius 1 is 1.16 bits per heavy atom. The summed E-state index contributed by atoms with van der Waals surface area (Å²) in [6, 6.07) is 1.38. The van der Waals surface area contributed by atoms with Crippen LogP contribution in [-0.4, -0.2) is 27.3 Å². The lowest BCUT2D eigenvalue weighted by atomic mass is 10.2. The van der Waals surface area contributed by atoms with Crippen LogP contribution in [0.15, 0.2) is 18.5 Å². The predicted molar refractivity (Wildman–Crippen MR) is 54.6 cm³/mol. The van der Waals surface area contributed by atoms with E-state index in [1.54, 1.807) is 0 Å². The summed E-state index contributed by atoms with van der Waals surface area (Å²) in [5, 5.41) is 6.98. The van der Waals surface area contributed by atoms with Crippen molar-refractivity contribution in [1.82, 2.24) is 20.2 Å². The van der Waals surface area contributed by atoms with E-state index in [9.17, 15) is 17.6 Å². The number of methoxy groups -OCH3 is 1. The molecule has 0 radical (unpaired) electrons. The van der Waals surface area contributed by atoms with Crippen LogP contribution in [0.1, 0.15) is 5.56 Å². The first-order chi connectivity index (χ1) is 8.93. The fourth-order valence-corrected chi connectivity index (χ4v) is 1.35. The molecule has 0 aliphatic rings. The second-order valence-electron chi connectivity index (χ2n) is 3.35. The maximum absolute atomic E-state index is 13.5. The van der Waals surface area contributed by atoms with Crippen molar-refractivity contribution in [2.45, 2.75) is 6.18 Å². The number of hydrogen-bond donors (Lipinski definition) is 0. The molecule has 9 heteroatoms. The zero-order chi connectivity index (χ0) is 14.0. The molecule has 2 heterocycles. The lowest BCUT2D eigenvalue weighted by Gasteiger charge is -2.12. The van der Waals surface area contributed by atoms with E-state index in [2.05, 4.69) is 24.9 Å². The highest BCUT2D eigenvalue weighted by atomic mass is 19.4. The van der Waals surface area contributed by atoms with Crippen LogP contribution in [0, 0.1) is 5.95 Å². The number of halogens is 4. The molecular formula is C10H6F4N4O. The summed E-state index contributed by atoms with van der Waals surface area (Å²) in [6.45, 7) is 0. The van der Waals surface area contributed by atoms with Gasteiger partial charge in [0.05, 0.1) is 19.5 Å². The van der Waals surface area contributed by atoms with Crippen LogP contribution in [0.5, 0.6) is 5.88 Å². The van der Waals surface area contributed by atoms with Crippen molar-refractivity contribution < 1.29 is 22.3 Å². The second-order valence-corrected chi connectivity index (χ2v) is 3.35. The maximum atomic E-state index is 13.5. The Morgan fingerprint density at radius 2 is 1.89 bits per heavy atom. The first kappa shape index (κ1) is 13.1. The van der Waals surface area contributed by atoms with Gasteiger partial charge in [-0.15, -0.1) is 0 Å². The standard InChI is InChI=1S/C10H6F4N4O/c1-19-9-6(10(12,13)14)7(11)17-8(18-9)5-2-3-15-16-4-5/h2-4H,1H3. The van der Waals surface area contributed by atoms with Gasteiger partial charge in [0.2, 0.25) is 11.8 Å². The monoisotopic (exact) mass is 274 g/mol. The van der Waals surface area contributed by atoms with Crippen LogP contribution in [0.25, 0.3) is 11.4 Å². The molecule has 0 saturated heterocycles. The Hall–Kier alpha value is -2.32. The second kappa shape index (κ2) is 4.75. The first-order valence-electron chi connectivity index (χ1n) is 4.89. The normalized spacial score (nSPS) is 11.4. The average Bonchev–Trinajstić information content (AvgIpc) is 2.37. The minimum atomic E-state index is -4.94. The molecule has 0 fully saturated rings. The molecule has 0 aliphatic heterocycles. The van der Waals surface area contributed by atoms with Crippen molar-refractivity contribution >= 4 is 0 Å². The SMILES string of the molecule is COc1nc(-c2ccnnc2)nc(F)c1C(F)(F)F. The van der Waals surface area contributed by atoms with Gasteiger partial charge in [0.25, 0.3) is 0 Å². The van der Waals surface area contributed by atoms with Crippen molar-refractivity contribution in [3.63, 3.8) is 0 Å². The van der Waals surface area contributed by atoms with Crippen LogP contribution in [-0.2, 0) is 6.18 Å². The molecule has 2 aromatic heterocycles. The highest BCUT2D eigenvalue weighted by Gasteiger charge is 2.40. The average molecular weight is 274 g/mol. The Bertz CT molecular complexity index is 588. The zero-order valence-electron chi connectivity index (χ0n) is 9.44. The fourth-order valence-electron chi connectivity index (χ4n) is 1.35. The molecule has 0 spiro atoms. The van der Waals surface area contributed by atoms with Crippen molar-refractivity contribution in [2.24, 2.45) is 0 Å². The third-order valence-corrected chi connectivity index (χ3v) is 2.15. The smallest absolute Gasteiger partial charge is 0.426 e. The quantitative estimate of drug-likeness (QED) is 0.620. The number of alkyl halides is 3. The molecule has 0 N–H and O–H groups in total. The summed E-state index contributed by atoms with van der Waals surface area (Å²) in [5.41, 5.74) is -1.42. The number of nitrogens with zero attached hydrogens (tertiary/aromatic N) is 4. The van der Waals surface area contributed by atoms with Crippen LogP contribution in [0.2, 0.25) is 0 Å². The minimum absolute atomic E-state index is 0.223. The molecule has 0 amide bonds. The van der Waals surface area contributed by atoms with Crippen LogP contribution in [0.3, 0.4) is 0 Å². The number of rotatable bonds is 2. The molecule has 5 nitrogen and oxygen atoms in total. The first-order valence-corrected chi connectivity index (χ1v) is 4.89. The van der Waals surface area contributed by atoms with Gasteiger partial charge in [-0.3, -0.25) is 0 Å². The molecule has 0 atom stereocenters. The minimum Gasteiger partial charge on any atom is -0.480 e. The van der Waals surface area contributed by atoms with E-state index in [4.69, 9.17) is 0 Å². The molecule has 0 bridgehead atoms. The summed E-state index contributed by atoms with van der Waals surface area (Å²) in [4.78, 5) is 6.70. The van der Waals surface area contributed by atoms with Gasteiger partial charge in [0, 0.05) is 5.56 Å².